The number of rotatable bonds is 5. The molecule has 1 atom stereocenters. The number of aliphatic hydroxyl groups excluding tert-OH is 1. The fourth-order valence-electron chi connectivity index (χ4n) is 2.79. The zero-order chi connectivity index (χ0) is 15.4. The van der Waals surface area contributed by atoms with Crippen molar-refractivity contribution in [3.63, 3.8) is 0 Å². The fraction of sp³-hybridized carbons (Fsp3) is 0.533. The lowest BCUT2D eigenvalue weighted by Crippen LogP contribution is -2.37. The summed E-state index contributed by atoms with van der Waals surface area (Å²) in [5, 5.41) is 16.8. The topological polar surface area (TPSA) is 79.1 Å². The molecule has 0 radical (unpaired) electrons. The Morgan fingerprint density at radius 1 is 1.41 bits per heavy atom. The molecule has 0 spiro atoms. The molecule has 1 aliphatic rings. The average molecular weight is 302 g/mol. The maximum atomic E-state index is 9.35. The molecule has 3 rings (SSSR count). The summed E-state index contributed by atoms with van der Waals surface area (Å²) in [5.74, 6) is 2.06. The Morgan fingerprint density at radius 3 is 3.09 bits per heavy atom. The summed E-state index contributed by atoms with van der Waals surface area (Å²) in [6.45, 7) is 2.75. The summed E-state index contributed by atoms with van der Waals surface area (Å²) in [7, 11) is 1.92. The van der Waals surface area contributed by atoms with Crippen LogP contribution in [0.1, 0.15) is 18.5 Å². The third-order valence-corrected chi connectivity index (χ3v) is 4.13. The van der Waals surface area contributed by atoms with Gasteiger partial charge in [0.15, 0.2) is 0 Å². The molecule has 2 aromatic rings. The summed E-state index contributed by atoms with van der Waals surface area (Å²) < 4.78 is 1.84. The number of hydrogen-bond donors (Lipinski definition) is 2. The number of aliphatic hydroxyl groups is 1. The number of nitrogens with one attached hydrogen (secondary N) is 1. The Labute approximate surface area is 130 Å². The van der Waals surface area contributed by atoms with Gasteiger partial charge in [-0.2, -0.15) is 5.10 Å². The van der Waals surface area contributed by atoms with Crippen molar-refractivity contribution in [2.75, 3.05) is 29.9 Å². The smallest absolute Gasteiger partial charge is 0.134 e. The van der Waals surface area contributed by atoms with Crippen LogP contribution >= 0.6 is 0 Å². The lowest BCUT2D eigenvalue weighted by molar-refractivity contribution is 0.208. The van der Waals surface area contributed by atoms with E-state index in [4.69, 9.17) is 0 Å². The first-order chi connectivity index (χ1) is 10.8. The van der Waals surface area contributed by atoms with E-state index in [2.05, 4.69) is 25.3 Å². The van der Waals surface area contributed by atoms with Crippen molar-refractivity contribution in [1.82, 2.24) is 19.7 Å². The van der Waals surface area contributed by atoms with Crippen LogP contribution in [-0.4, -0.2) is 44.6 Å². The molecule has 0 unspecified atom stereocenters. The second-order valence-electron chi connectivity index (χ2n) is 5.70. The Kier molecular flexibility index (Phi) is 4.53. The highest BCUT2D eigenvalue weighted by atomic mass is 16.3. The lowest BCUT2D eigenvalue weighted by atomic mass is 9.99. The highest BCUT2D eigenvalue weighted by Gasteiger charge is 2.20. The predicted molar refractivity (Wildman–Crippen MR) is 84.6 cm³/mol. The van der Waals surface area contributed by atoms with Gasteiger partial charge in [-0.05, 0) is 24.8 Å². The van der Waals surface area contributed by atoms with Crippen LogP contribution in [0.5, 0.6) is 0 Å². The Morgan fingerprint density at radius 2 is 2.32 bits per heavy atom. The van der Waals surface area contributed by atoms with Gasteiger partial charge < -0.3 is 15.3 Å². The summed E-state index contributed by atoms with van der Waals surface area (Å²) >= 11 is 0. The largest absolute Gasteiger partial charge is 0.396 e. The van der Waals surface area contributed by atoms with E-state index in [1.54, 1.807) is 12.5 Å². The first-order valence-corrected chi connectivity index (χ1v) is 7.65. The van der Waals surface area contributed by atoms with Gasteiger partial charge in [-0.15, -0.1) is 0 Å². The van der Waals surface area contributed by atoms with Crippen molar-refractivity contribution in [2.45, 2.75) is 19.4 Å². The van der Waals surface area contributed by atoms with Crippen LogP contribution in [0.25, 0.3) is 0 Å². The van der Waals surface area contributed by atoms with Gasteiger partial charge in [0, 0.05) is 39.0 Å². The molecule has 0 amide bonds. The number of hydrogen-bond acceptors (Lipinski definition) is 6. The molecule has 0 aromatic carbocycles. The van der Waals surface area contributed by atoms with Crippen molar-refractivity contribution in [3.05, 3.63) is 30.4 Å². The molecule has 7 heteroatoms. The number of nitrogens with zero attached hydrogens (tertiary/aromatic N) is 5. The quantitative estimate of drug-likeness (QED) is 0.859. The van der Waals surface area contributed by atoms with Gasteiger partial charge in [0.05, 0.1) is 12.2 Å². The van der Waals surface area contributed by atoms with Gasteiger partial charge in [-0.25, -0.2) is 9.97 Å². The summed E-state index contributed by atoms with van der Waals surface area (Å²) in [6, 6.07) is 3.95. The Hall–Kier alpha value is -2.15. The minimum atomic E-state index is 0.243. The molecule has 118 valence electrons. The zero-order valence-electron chi connectivity index (χ0n) is 12.8. The second kappa shape index (κ2) is 6.74. The molecule has 0 bridgehead atoms. The zero-order valence-corrected chi connectivity index (χ0v) is 12.8. The van der Waals surface area contributed by atoms with Crippen molar-refractivity contribution in [3.8, 4) is 0 Å². The second-order valence-corrected chi connectivity index (χ2v) is 5.70. The monoisotopic (exact) mass is 302 g/mol. The number of piperidine rings is 1. The highest BCUT2D eigenvalue weighted by molar-refractivity contribution is 5.48. The molecular weight excluding hydrogens is 280 g/mol. The molecule has 7 nitrogen and oxygen atoms in total. The summed E-state index contributed by atoms with van der Waals surface area (Å²) in [6.07, 6.45) is 5.55. The average Bonchev–Trinajstić information content (AvgIpc) is 2.98. The molecule has 3 heterocycles. The molecule has 22 heavy (non-hydrogen) atoms. The normalized spacial score (nSPS) is 18.5. The van der Waals surface area contributed by atoms with Gasteiger partial charge in [0.1, 0.15) is 18.0 Å². The van der Waals surface area contributed by atoms with E-state index in [1.807, 2.05) is 23.9 Å². The van der Waals surface area contributed by atoms with Crippen molar-refractivity contribution in [1.29, 1.82) is 0 Å². The van der Waals surface area contributed by atoms with E-state index >= 15 is 0 Å². The molecule has 1 aliphatic heterocycles. The highest BCUT2D eigenvalue weighted by Crippen LogP contribution is 2.22. The first kappa shape index (κ1) is 14.8. The number of anilines is 2. The standard InChI is InChI=1S/C15H22N6O/c1-20-13(4-5-19-20)8-16-14-7-15(18-11-17-14)21-6-2-3-12(9-21)10-22/h4-5,7,11-12,22H,2-3,6,8-10H2,1H3,(H,16,17,18)/t12-/m1/s1. The van der Waals surface area contributed by atoms with Crippen molar-refractivity contribution in [2.24, 2.45) is 13.0 Å². The third kappa shape index (κ3) is 3.36. The summed E-state index contributed by atoms with van der Waals surface area (Å²) in [5.41, 5.74) is 1.10. The first-order valence-electron chi connectivity index (χ1n) is 7.65. The SMILES string of the molecule is Cn1nccc1CNc1cc(N2CCC[C@@H](CO)C2)ncn1. The van der Waals surface area contributed by atoms with Crippen LogP contribution < -0.4 is 10.2 Å². The fourth-order valence-corrected chi connectivity index (χ4v) is 2.79. The van der Waals surface area contributed by atoms with E-state index in [0.29, 0.717) is 12.5 Å². The molecule has 0 aliphatic carbocycles. The van der Waals surface area contributed by atoms with Crippen molar-refractivity contribution < 1.29 is 5.11 Å². The van der Waals surface area contributed by atoms with Crippen LogP contribution in [0.2, 0.25) is 0 Å². The molecule has 0 saturated carbocycles. The molecule has 2 aromatic heterocycles. The van der Waals surface area contributed by atoms with E-state index < -0.39 is 0 Å². The van der Waals surface area contributed by atoms with Gasteiger partial charge in [-0.3, -0.25) is 4.68 Å². The number of aryl methyl sites for hydroxylation is 1. The third-order valence-electron chi connectivity index (χ3n) is 4.13. The minimum Gasteiger partial charge on any atom is -0.396 e. The van der Waals surface area contributed by atoms with Crippen molar-refractivity contribution >= 4 is 11.6 Å². The Balaban J connectivity index is 1.66. The lowest BCUT2D eigenvalue weighted by Gasteiger charge is -2.32. The Bertz CT molecular complexity index is 614. The van der Waals surface area contributed by atoms with Crippen LogP contribution in [-0.2, 0) is 13.6 Å². The summed E-state index contributed by atoms with van der Waals surface area (Å²) in [4.78, 5) is 10.9. The van der Waals surface area contributed by atoms with Gasteiger partial charge in [-0.1, -0.05) is 0 Å². The molecule has 2 N–H and O–H groups in total. The molecular formula is C15H22N6O. The van der Waals surface area contributed by atoms with E-state index in [1.165, 1.54) is 0 Å². The van der Waals surface area contributed by atoms with Gasteiger partial charge >= 0.3 is 0 Å². The van der Waals surface area contributed by atoms with Crippen LogP contribution in [0.3, 0.4) is 0 Å². The molecule has 1 saturated heterocycles. The number of aromatic nitrogens is 4. The van der Waals surface area contributed by atoms with Crippen LogP contribution in [0.4, 0.5) is 11.6 Å². The van der Waals surface area contributed by atoms with Crippen LogP contribution in [0.15, 0.2) is 24.7 Å². The maximum Gasteiger partial charge on any atom is 0.134 e. The maximum absolute atomic E-state index is 9.35. The predicted octanol–water partition coefficient (Wildman–Crippen LogP) is 1.03. The van der Waals surface area contributed by atoms with Gasteiger partial charge in [0.25, 0.3) is 0 Å². The van der Waals surface area contributed by atoms with Gasteiger partial charge in [0.2, 0.25) is 0 Å². The van der Waals surface area contributed by atoms with E-state index in [-0.39, 0.29) is 6.61 Å². The molecule has 1 fully saturated rings. The van der Waals surface area contributed by atoms with Crippen LogP contribution in [0, 0.1) is 5.92 Å². The minimum absolute atomic E-state index is 0.243. The van der Waals surface area contributed by atoms with E-state index in [9.17, 15) is 5.11 Å². The van der Waals surface area contributed by atoms with E-state index in [0.717, 1.165) is 43.3 Å².